The first-order valence-electron chi connectivity index (χ1n) is 6.54. The van der Waals surface area contributed by atoms with Gasteiger partial charge >= 0.3 is 0 Å². The van der Waals surface area contributed by atoms with Gasteiger partial charge in [-0.2, -0.15) is 0 Å². The van der Waals surface area contributed by atoms with Crippen LogP contribution in [-0.2, 0) is 22.3 Å². The molecule has 3 rings (SSSR count). The van der Waals surface area contributed by atoms with Crippen LogP contribution in [0.5, 0.6) is 0 Å². The van der Waals surface area contributed by atoms with E-state index >= 15 is 0 Å². The zero-order valence-corrected chi connectivity index (χ0v) is 13.3. The molecule has 4 nitrogen and oxygen atoms in total. The molecule has 8 heteroatoms. The van der Waals surface area contributed by atoms with E-state index in [1.54, 1.807) is 4.57 Å². The van der Waals surface area contributed by atoms with Crippen LogP contribution in [0.4, 0.5) is 4.39 Å². The normalized spacial score (nSPS) is 21.2. The van der Waals surface area contributed by atoms with Crippen LogP contribution in [0.25, 0.3) is 11.0 Å². The minimum absolute atomic E-state index is 0.0123. The maximum atomic E-state index is 13.7. The molecule has 2 heterocycles. The van der Waals surface area contributed by atoms with Crippen LogP contribution in [0, 0.1) is 5.82 Å². The van der Waals surface area contributed by atoms with Gasteiger partial charge < -0.3 is 4.57 Å². The lowest BCUT2D eigenvalue weighted by molar-refractivity contribution is 0.565. The van der Waals surface area contributed by atoms with Crippen LogP contribution < -0.4 is 0 Å². The number of nitrogens with zero attached hydrogens (tertiary/aromatic N) is 2. The van der Waals surface area contributed by atoms with Crippen molar-refractivity contribution in [3.05, 3.63) is 28.8 Å². The van der Waals surface area contributed by atoms with E-state index < -0.39 is 20.9 Å². The summed E-state index contributed by atoms with van der Waals surface area (Å²) in [4.78, 5) is 4.31. The molecule has 0 amide bonds. The summed E-state index contributed by atoms with van der Waals surface area (Å²) in [7, 11) is -3.09. The molecule has 1 aromatic carbocycles. The molecule has 1 atom stereocenters. The van der Waals surface area contributed by atoms with Crippen LogP contribution in [0.3, 0.4) is 0 Å². The Kier molecular flexibility index (Phi) is 3.88. The molecule has 0 bridgehead atoms. The van der Waals surface area contributed by atoms with Crippen molar-refractivity contribution in [1.82, 2.24) is 9.55 Å². The van der Waals surface area contributed by atoms with Gasteiger partial charge in [0, 0.05) is 12.6 Å². The fourth-order valence-electron chi connectivity index (χ4n) is 2.74. The van der Waals surface area contributed by atoms with E-state index in [0.29, 0.717) is 29.7 Å². The largest absolute Gasteiger partial charge is 0.326 e. The lowest BCUT2D eigenvalue weighted by Crippen LogP contribution is -2.23. The van der Waals surface area contributed by atoms with E-state index in [4.69, 9.17) is 23.2 Å². The molecule has 1 aliphatic heterocycles. The van der Waals surface area contributed by atoms with E-state index in [9.17, 15) is 12.8 Å². The van der Waals surface area contributed by atoms with Gasteiger partial charge in [-0.1, -0.05) is 11.6 Å². The van der Waals surface area contributed by atoms with Gasteiger partial charge in [0.15, 0.2) is 9.84 Å². The molecular weight excluding hydrogens is 338 g/mol. The van der Waals surface area contributed by atoms with Crippen molar-refractivity contribution >= 4 is 44.1 Å². The summed E-state index contributed by atoms with van der Waals surface area (Å²) in [6, 6.07) is 2.71. The summed E-state index contributed by atoms with van der Waals surface area (Å²) < 4.78 is 39.3. The number of aromatic nitrogens is 2. The van der Waals surface area contributed by atoms with E-state index in [1.165, 1.54) is 12.1 Å². The summed E-state index contributed by atoms with van der Waals surface area (Å²) >= 11 is 11.6. The van der Waals surface area contributed by atoms with Crippen molar-refractivity contribution in [3.63, 3.8) is 0 Å². The molecule has 0 aliphatic carbocycles. The average Bonchev–Trinajstić information content (AvgIpc) is 2.92. The van der Waals surface area contributed by atoms with Crippen LogP contribution >= 0.6 is 23.2 Å². The maximum Gasteiger partial charge on any atom is 0.154 e. The van der Waals surface area contributed by atoms with Crippen LogP contribution in [-0.4, -0.2) is 29.0 Å². The first-order valence-corrected chi connectivity index (χ1v) is 9.17. The van der Waals surface area contributed by atoms with Gasteiger partial charge in [-0.3, -0.25) is 0 Å². The monoisotopic (exact) mass is 350 g/mol. The second-order valence-electron chi connectivity index (χ2n) is 5.16. The number of hydrogen-bond donors (Lipinski definition) is 0. The predicted molar refractivity (Wildman–Crippen MR) is 81.1 cm³/mol. The van der Waals surface area contributed by atoms with Crippen LogP contribution in [0.1, 0.15) is 18.7 Å². The minimum atomic E-state index is -3.09. The Bertz CT molecular complexity index is 804. The third-order valence-corrected chi connectivity index (χ3v) is 6.62. The van der Waals surface area contributed by atoms with Gasteiger partial charge in [0.05, 0.1) is 32.9 Å². The molecule has 1 saturated heterocycles. The standard InChI is InChI=1S/C13H13Cl2FN2O2S/c14-6-13-17-11-4-9(15)10(16)5-12(11)18(13)7-8-2-1-3-21(8,19)20/h4-5,8H,1-3,6-7H2. The van der Waals surface area contributed by atoms with Gasteiger partial charge in [-0.25, -0.2) is 17.8 Å². The summed E-state index contributed by atoms with van der Waals surface area (Å²) in [5.41, 5.74) is 1.04. The van der Waals surface area contributed by atoms with Gasteiger partial charge in [0.25, 0.3) is 0 Å². The molecule has 0 radical (unpaired) electrons. The Labute approximate surface area is 131 Å². The molecule has 1 unspecified atom stereocenters. The Hall–Kier alpha value is -0.850. The quantitative estimate of drug-likeness (QED) is 0.799. The second-order valence-corrected chi connectivity index (χ2v) is 8.23. The fourth-order valence-corrected chi connectivity index (χ4v) is 4.91. The zero-order chi connectivity index (χ0) is 15.2. The first-order chi connectivity index (χ1) is 9.92. The second kappa shape index (κ2) is 5.41. The Morgan fingerprint density at radius 1 is 1.43 bits per heavy atom. The third-order valence-electron chi connectivity index (χ3n) is 3.84. The SMILES string of the molecule is O=S1(=O)CCCC1Cn1c(CCl)nc2cc(Cl)c(F)cc21. The smallest absolute Gasteiger partial charge is 0.154 e. The highest BCUT2D eigenvalue weighted by atomic mass is 35.5. The maximum absolute atomic E-state index is 13.7. The Morgan fingerprint density at radius 3 is 2.81 bits per heavy atom. The Morgan fingerprint density at radius 2 is 2.19 bits per heavy atom. The van der Waals surface area contributed by atoms with Gasteiger partial charge in [0.1, 0.15) is 11.6 Å². The van der Waals surface area contributed by atoms with Gasteiger partial charge in [-0.05, 0) is 18.9 Å². The van der Waals surface area contributed by atoms with Crippen molar-refractivity contribution in [2.45, 2.75) is 30.5 Å². The number of imidazole rings is 1. The van der Waals surface area contributed by atoms with E-state index in [1.807, 2.05) is 0 Å². The number of halogens is 3. The molecule has 0 spiro atoms. The number of benzene rings is 1. The highest BCUT2D eigenvalue weighted by Crippen LogP contribution is 2.28. The van der Waals surface area contributed by atoms with Crippen LogP contribution in [0.2, 0.25) is 5.02 Å². The minimum Gasteiger partial charge on any atom is -0.326 e. The average molecular weight is 351 g/mol. The van der Waals surface area contributed by atoms with Crippen molar-refractivity contribution in [1.29, 1.82) is 0 Å². The molecule has 114 valence electrons. The number of alkyl halides is 1. The molecule has 0 N–H and O–H groups in total. The predicted octanol–water partition coefficient (Wildman–Crippen LogP) is 3.14. The van der Waals surface area contributed by atoms with E-state index in [-0.39, 0.29) is 23.2 Å². The lowest BCUT2D eigenvalue weighted by atomic mass is 10.2. The van der Waals surface area contributed by atoms with Crippen molar-refractivity contribution in [3.8, 4) is 0 Å². The molecule has 2 aromatic rings. The topological polar surface area (TPSA) is 52.0 Å². The zero-order valence-electron chi connectivity index (χ0n) is 11.0. The fraction of sp³-hybridized carbons (Fsp3) is 0.462. The molecule has 0 saturated carbocycles. The van der Waals surface area contributed by atoms with Gasteiger partial charge in [0.2, 0.25) is 0 Å². The number of rotatable bonds is 3. The van der Waals surface area contributed by atoms with Crippen LogP contribution in [0.15, 0.2) is 12.1 Å². The molecular formula is C13H13Cl2FN2O2S. The van der Waals surface area contributed by atoms with Gasteiger partial charge in [-0.15, -0.1) is 11.6 Å². The first kappa shape index (κ1) is 15.1. The lowest BCUT2D eigenvalue weighted by Gasteiger charge is -2.13. The molecule has 1 aromatic heterocycles. The van der Waals surface area contributed by atoms with Crippen molar-refractivity contribution < 1.29 is 12.8 Å². The summed E-state index contributed by atoms with van der Waals surface area (Å²) in [6.45, 7) is 0.252. The highest BCUT2D eigenvalue weighted by molar-refractivity contribution is 7.92. The van der Waals surface area contributed by atoms with Crippen molar-refractivity contribution in [2.75, 3.05) is 5.75 Å². The number of fused-ring (bicyclic) bond motifs is 1. The van der Waals surface area contributed by atoms with E-state index in [2.05, 4.69) is 4.98 Å². The van der Waals surface area contributed by atoms with Crippen molar-refractivity contribution in [2.24, 2.45) is 0 Å². The molecule has 1 fully saturated rings. The Balaban J connectivity index is 2.10. The molecule has 1 aliphatic rings. The summed E-state index contributed by atoms with van der Waals surface area (Å²) in [6.07, 6.45) is 1.27. The summed E-state index contributed by atoms with van der Waals surface area (Å²) in [5, 5.41) is -0.475. The number of hydrogen-bond acceptors (Lipinski definition) is 3. The third kappa shape index (κ3) is 2.64. The number of sulfone groups is 1. The summed E-state index contributed by atoms with van der Waals surface area (Å²) in [5.74, 6) is 0.303. The molecule has 21 heavy (non-hydrogen) atoms. The highest BCUT2D eigenvalue weighted by Gasteiger charge is 2.32. The van der Waals surface area contributed by atoms with E-state index in [0.717, 1.165) is 0 Å².